The fraction of sp³-hybridized carbons (Fsp3) is 0.417. The molecule has 0 radical (unpaired) electrons. The van der Waals surface area contributed by atoms with E-state index in [1.54, 1.807) is 12.1 Å². The number of hydrogen-bond acceptors (Lipinski definition) is 4. The fourth-order valence-electron chi connectivity index (χ4n) is 3.88. The van der Waals surface area contributed by atoms with Crippen LogP contribution in [-0.2, 0) is 11.3 Å². The first-order valence-corrected chi connectivity index (χ1v) is 11.8. The van der Waals surface area contributed by atoms with Gasteiger partial charge in [-0.2, -0.15) is 13.2 Å². The van der Waals surface area contributed by atoms with E-state index in [4.69, 9.17) is 37.8 Å². The number of piperidine rings is 1. The number of hydrogen-bond donors (Lipinski definition) is 2. The first kappa shape index (κ1) is 28.0. The summed E-state index contributed by atoms with van der Waals surface area (Å²) in [5.74, 6) is -3.56. The maximum Gasteiger partial charge on any atom is 0.490 e. The Morgan fingerprint density at radius 1 is 1.00 bits per heavy atom. The van der Waals surface area contributed by atoms with Crippen molar-refractivity contribution in [1.82, 2.24) is 4.90 Å². The number of carboxylic acids is 2. The Labute approximate surface area is 214 Å². The van der Waals surface area contributed by atoms with Gasteiger partial charge in [-0.15, -0.1) is 0 Å². The van der Waals surface area contributed by atoms with Crippen LogP contribution < -0.4 is 4.74 Å². The van der Waals surface area contributed by atoms with Crippen molar-refractivity contribution in [2.24, 2.45) is 0 Å². The van der Waals surface area contributed by atoms with Gasteiger partial charge >= 0.3 is 18.1 Å². The lowest BCUT2D eigenvalue weighted by atomic mass is 9.98. The van der Waals surface area contributed by atoms with Gasteiger partial charge in [0, 0.05) is 25.7 Å². The number of carbonyl (C=O) groups is 2. The monoisotopic (exact) mass is 551 g/mol. The Hall–Kier alpha value is -2.56. The molecule has 36 heavy (non-hydrogen) atoms. The van der Waals surface area contributed by atoms with E-state index in [1.807, 2.05) is 6.07 Å². The highest BCUT2D eigenvalue weighted by atomic mass is 35.5. The van der Waals surface area contributed by atoms with Gasteiger partial charge in [0.1, 0.15) is 17.7 Å². The SMILES string of the molecule is O=C(O)C(F)(F)F.O=C(O)c1cc(C2CC2)c(CN2CCC(Oc3ccc(Cl)c(Cl)c3)CC2)cc1F. The predicted octanol–water partition coefficient (Wildman–Crippen LogP) is 6.38. The van der Waals surface area contributed by atoms with Crippen molar-refractivity contribution >= 4 is 35.1 Å². The molecule has 1 heterocycles. The second-order valence-electron chi connectivity index (χ2n) is 8.58. The van der Waals surface area contributed by atoms with E-state index in [1.165, 1.54) is 12.1 Å². The summed E-state index contributed by atoms with van der Waals surface area (Å²) in [7, 11) is 0. The fourth-order valence-corrected chi connectivity index (χ4v) is 4.16. The van der Waals surface area contributed by atoms with Crippen molar-refractivity contribution in [2.75, 3.05) is 13.1 Å². The minimum Gasteiger partial charge on any atom is -0.490 e. The molecule has 2 fully saturated rings. The van der Waals surface area contributed by atoms with Crippen molar-refractivity contribution in [2.45, 2.75) is 50.4 Å². The van der Waals surface area contributed by atoms with Crippen LogP contribution in [0.25, 0.3) is 0 Å². The maximum absolute atomic E-state index is 14.2. The zero-order valence-electron chi connectivity index (χ0n) is 18.8. The summed E-state index contributed by atoms with van der Waals surface area (Å²) in [6.07, 6.45) is -1.20. The Balaban J connectivity index is 0.000000454. The number of aliphatic carboxylic acids is 1. The summed E-state index contributed by atoms with van der Waals surface area (Å²) in [6.45, 7) is 2.29. The Morgan fingerprint density at radius 3 is 2.11 bits per heavy atom. The van der Waals surface area contributed by atoms with E-state index in [0.29, 0.717) is 28.3 Å². The van der Waals surface area contributed by atoms with Crippen molar-refractivity contribution in [3.8, 4) is 5.75 Å². The van der Waals surface area contributed by atoms with Gasteiger partial charge in [-0.05, 0) is 67.0 Å². The molecule has 1 saturated carbocycles. The molecule has 0 unspecified atom stereocenters. The molecule has 1 aliphatic carbocycles. The van der Waals surface area contributed by atoms with Gasteiger partial charge in [0.05, 0.1) is 15.6 Å². The van der Waals surface area contributed by atoms with Crippen molar-refractivity contribution < 1.29 is 42.1 Å². The number of rotatable bonds is 6. The molecule has 0 atom stereocenters. The van der Waals surface area contributed by atoms with E-state index in [2.05, 4.69) is 4.90 Å². The van der Waals surface area contributed by atoms with Crippen LogP contribution in [0.15, 0.2) is 30.3 Å². The molecule has 1 saturated heterocycles. The Kier molecular flexibility index (Phi) is 9.08. The number of nitrogens with zero attached hydrogens (tertiary/aromatic N) is 1. The molecule has 6 nitrogen and oxygen atoms in total. The van der Waals surface area contributed by atoms with E-state index in [0.717, 1.165) is 49.9 Å². The van der Waals surface area contributed by atoms with E-state index in [-0.39, 0.29) is 11.7 Å². The standard InChI is InChI=1S/C22H22Cl2FNO3.C2HF3O2/c23-19-4-3-16(10-20(19)24)29-15-5-7-26(8-6-15)12-14-9-21(25)18(22(27)28)11-17(14)13-1-2-13;3-2(4,5)1(6)7/h3-4,9-11,13,15H,1-2,5-8,12H2,(H,27,28);(H,6,7). The normalized spacial score (nSPS) is 16.7. The number of likely N-dealkylation sites (tertiary alicyclic amines) is 1. The van der Waals surface area contributed by atoms with Crippen LogP contribution in [0.1, 0.15) is 53.1 Å². The Morgan fingerprint density at radius 2 is 1.61 bits per heavy atom. The van der Waals surface area contributed by atoms with Crippen LogP contribution in [0, 0.1) is 5.82 Å². The van der Waals surface area contributed by atoms with Crippen LogP contribution in [0.5, 0.6) is 5.75 Å². The summed E-state index contributed by atoms with van der Waals surface area (Å²) in [6, 6.07) is 8.21. The lowest BCUT2D eigenvalue weighted by Crippen LogP contribution is -2.38. The smallest absolute Gasteiger partial charge is 0.490 e. The van der Waals surface area contributed by atoms with Gasteiger partial charge in [0.15, 0.2) is 0 Å². The summed E-state index contributed by atoms with van der Waals surface area (Å²) >= 11 is 12.0. The van der Waals surface area contributed by atoms with Crippen LogP contribution in [-0.4, -0.2) is 52.4 Å². The third-order valence-corrected chi connectivity index (χ3v) is 6.58. The summed E-state index contributed by atoms with van der Waals surface area (Å²) in [5.41, 5.74) is 1.65. The molecule has 4 rings (SSSR count). The van der Waals surface area contributed by atoms with Gasteiger partial charge < -0.3 is 14.9 Å². The van der Waals surface area contributed by atoms with Crippen LogP contribution in [0.3, 0.4) is 0 Å². The number of aromatic carboxylic acids is 1. The molecular weight excluding hydrogens is 529 g/mol. The van der Waals surface area contributed by atoms with Crippen molar-refractivity contribution in [3.63, 3.8) is 0 Å². The molecule has 0 spiro atoms. The minimum absolute atomic E-state index is 0.0949. The summed E-state index contributed by atoms with van der Waals surface area (Å²) < 4.78 is 52.0. The second-order valence-corrected chi connectivity index (χ2v) is 9.40. The van der Waals surface area contributed by atoms with Gasteiger partial charge in [0.25, 0.3) is 0 Å². The summed E-state index contributed by atoms with van der Waals surface area (Å²) in [5, 5.41) is 17.3. The average molecular weight is 552 g/mol. The summed E-state index contributed by atoms with van der Waals surface area (Å²) in [4.78, 5) is 22.4. The maximum atomic E-state index is 14.2. The molecule has 196 valence electrons. The van der Waals surface area contributed by atoms with Gasteiger partial charge in [0.2, 0.25) is 0 Å². The zero-order valence-corrected chi connectivity index (χ0v) is 20.3. The molecule has 0 bridgehead atoms. The Bertz CT molecular complexity index is 1120. The molecule has 2 aliphatic rings. The zero-order chi connectivity index (χ0) is 26.6. The third-order valence-electron chi connectivity index (χ3n) is 5.84. The van der Waals surface area contributed by atoms with E-state index < -0.39 is 23.9 Å². The molecular formula is C24H23Cl2F4NO5. The van der Waals surface area contributed by atoms with E-state index in [9.17, 15) is 27.5 Å². The number of carboxylic acid groups (broad SMARTS) is 2. The average Bonchev–Trinajstić information content (AvgIpc) is 3.63. The molecule has 2 aromatic rings. The highest BCUT2D eigenvalue weighted by Crippen LogP contribution is 2.43. The van der Waals surface area contributed by atoms with Crippen molar-refractivity contribution in [1.29, 1.82) is 0 Å². The number of alkyl halides is 3. The molecule has 2 aromatic carbocycles. The minimum atomic E-state index is -5.08. The predicted molar refractivity (Wildman–Crippen MR) is 124 cm³/mol. The van der Waals surface area contributed by atoms with Gasteiger partial charge in [-0.3, -0.25) is 4.90 Å². The van der Waals surface area contributed by atoms with Crippen LogP contribution in [0.4, 0.5) is 17.6 Å². The highest BCUT2D eigenvalue weighted by molar-refractivity contribution is 6.42. The quantitative estimate of drug-likeness (QED) is 0.405. The highest BCUT2D eigenvalue weighted by Gasteiger charge is 2.38. The molecule has 1 aliphatic heterocycles. The molecule has 2 N–H and O–H groups in total. The molecule has 0 amide bonds. The molecule has 0 aromatic heterocycles. The third kappa shape index (κ3) is 7.72. The molecule has 12 heteroatoms. The topological polar surface area (TPSA) is 87.1 Å². The van der Waals surface area contributed by atoms with Crippen molar-refractivity contribution in [3.05, 3.63) is 62.9 Å². The second kappa shape index (κ2) is 11.7. The lowest BCUT2D eigenvalue weighted by Gasteiger charge is -2.32. The van der Waals surface area contributed by atoms with Gasteiger partial charge in [-0.1, -0.05) is 23.2 Å². The first-order chi connectivity index (χ1) is 16.8. The first-order valence-electron chi connectivity index (χ1n) is 11.0. The van der Waals surface area contributed by atoms with Gasteiger partial charge in [-0.25, -0.2) is 14.0 Å². The largest absolute Gasteiger partial charge is 0.490 e. The van der Waals surface area contributed by atoms with E-state index >= 15 is 0 Å². The number of ether oxygens (including phenoxy) is 1. The number of halogens is 6. The van der Waals surface area contributed by atoms with Crippen LogP contribution in [0.2, 0.25) is 10.0 Å². The number of benzene rings is 2. The lowest BCUT2D eigenvalue weighted by molar-refractivity contribution is -0.192. The van der Waals surface area contributed by atoms with Crippen LogP contribution >= 0.6 is 23.2 Å².